The molecular formula is C7H5ClN2O4S. The third-order valence-corrected chi connectivity index (χ3v) is 2.87. The Bertz CT molecular complexity index is 437. The fourth-order valence-electron chi connectivity index (χ4n) is 1.08. The molecule has 0 heterocycles. The number of aryl methyl sites for hydroxylation is 1. The van der Waals surface area contributed by atoms with Gasteiger partial charge in [0.1, 0.15) is 4.90 Å². The highest BCUT2D eigenvalue weighted by Crippen LogP contribution is 2.37. The van der Waals surface area contributed by atoms with E-state index in [2.05, 4.69) is 0 Å². The SMILES string of the molecule is Cc1cc([N+](=O)[O-])cc([N+](=O)[O-])c1SCl. The van der Waals surface area contributed by atoms with Gasteiger partial charge in [-0.2, -0.15) is 0 Å². The van der Waals surface area contributed by atoms with Crippen LogP contribution in [0.2, 0.25) is 0 Å². The highest BCUT2D eigenvalue weighted by molar-refractivity contribution is 8.21. The van der Waals surface area contributed by atoms with Crippen molar-refractivity contribution >= 4 is 33.0 Å². The van der Waals surface area contributed by atoms with Gasteiger partial charge in [0, 0.05) is 6.07 Å². The van der Waals surface area contributed by atoms with E-state index in [4.69, 9.17) is 10.7 Å². The number of rotatable bonds is 3. The van der Waals surface area contributed by atoms with E-state index in [-0.39, 0.29) is 16.3 Å². The zero-order chi connectivity index (χ0) is 11.6. The zero-order valence-corrected chi connectivity index (χ0v) is 9.04. The third-order valence-electron chi connectivity index (χ3n) is 1.72. The van der Waals surface area contributed by atoms with Gasteiger partial charge in [-0.15, -0.1) is 0 Å². The van der Waals surface area contributed by atoms with E-state index in [1.807, 2.05) is 0 Å². The first kappa shape index (κ1) is 11.7. The summed E-state index contributed by atoms with van der Waals surface area (Å²) in [6.07, 6.45) is 0. The van der Waals surface area contributed by atoms with Crippen molar-refractivity contribution in [2.75, 3.05) is 0 Å². The number of non-ortho nitro benzene ring substituents is 1. The van der Waals surface area contributed by atoms with Crippen LogP contribution in [0.15, 0.2) is 17.0 Å². The van der Waals surface area contributed by atoms with Gasteiger partial charge in [-0.1, -0.05) is 0 Å². The molecule has 0 aliphatic heterocycles. The number of nitrogens with zero attached hydrogens (tertiary/aromatic N) is 2. The summed E-state index contributed by atoms with van der Waals surface area (Å²) in [7, 11) is 6.13. The second-order valence-electron chi connectivity index (χ2n) is 2.70. The Morgan fingerprint density at radius 1 is 1.27 bits per heavy atom. The molecule has 0 unspecified atom stereocenters. The summed E-state index contributed by atoms with van der Waals surface area (Å²) in [5.74, 6) is 0. The average Bonchev–Trinajstić information content (AvgIpc) is 2.16. The molecule has 0 amide bonds. The van der Waals surface area contributed by atoms with Gasteiger partial charge < -0.3 is 0 Å². The largest absolute Gasteiger partial charge is 0.291 e. The molecule has 0 saturated heterocycles. The van der Waals surface area contributed by atoms with Crippen LogP contribution in [-0.2, 0) is 0 Å². The van der Waals surface area contributed by atoms with Crippen molar-refractivity contribution in [2.24, 2.45) is 0 Å². The summed E-state index contributed by atoms with van der Waals surface area (Å²) >= 11 is 0. The highest BCUT2D eigenvalue weighted by Gasteiger charge is 2.22. The van der Waals surface area contributed by atoms with Gasteiger partial charge in [-0.25, -0.2) is 0 Å². The maximum absolute atomic E-state index is 10.6. The Morgan fingerprint density at radius 3 is 2.27 bits per heavy atom. The van der Waals surface area contributed by atoms with Crippen LogP contribution in [0.4, 0.5) is 11.4 Å². The number of benzene rings is 1. The lowest BCUT2D eigenvalue weighted by Gasteiger charge is -2.01. The van der Waals surface area contributed by atoms with Gasteiger partial charge >= 0.3 is 0 Å². The number of nitro benzene ring substituents is 2. The van der Waals surface area contributed by atoms with E-state index in [0.29, 0.717) is 16.5 Å². The van der Waals surface area contributed by atoms with E-state index in [1.165, 1.54) is 13.0 Å². The Labute approximate surface area is 93.0 Å². The molecule has 0 saturated carbocycles. The second kappa shape index (κ2) is 4.45. The fraction of sp³-hybridized carbons (Fsp3) is 0.143. The second-order valence-corrected chi connectivity index (χ2v) is 3.73. The molecule has 0 bridgehead atoms. The molecule has 0 aliphatic rings. The summed E-state index contributed by atoms with van der Waals surface area (Å²) in [5.41, 5.74) is -0.244. The van der Waals surface area contributed by atoms with Crippen LogP contribution in [0.1, 0.15) is 5.56 Å². The zero-order valence-electron chi connectivity index (χ0n) is 7.47. The highest BCUT2D eigenvalue weighted by atomic mass is 35.7. The molecule has 0 radical (unpaired) electrons. The first-order valence-electron chi connectivity index (χ1n) is 3.69. The van der Waals surface area contributed by atoms with Crippen molar-refractivity contribution in [3.05, 3.63) is 37.9 Å². The Balaban J connectivity index is 3.45. The number of nitro groups is 2. The van der Waals surface area contributed by atoms with Crippen LogP contribution in [-0.4, -0.2) is 9.85 Å². The van der Waals surface area contributed by atoms with E-state index < -0.39 is 9.85 Å². The minimum Gasteiger partial charge on any atom is -0.258 e. The number of hydrogen-bond donors (Lipinski definition) is 0. The molecule has 80 valence electrons. The maximum atomic E-state index is 10.6. The van der Waals surface area contributed by atoms with Crippen molar-refractivity contribution in [1.29, 1.82) is 0 Å². The molecule has 1 aromatic carbocycles. The molecule has 8 heteroatoms. The molecule has 0 N–H and O–H groups in total. The lowest BCUT2D eigenvalue weighted by molar-refractivity contribution is -0.396. The van der Waals surface area contributed by atoms with Crippen LogP contribution < -0.4 is 0 Å². The smallest absolute Gasteiger partial charge is 0.258 e. The Kier molecular flexibility index (Phi) is 3.48. The molecule has 0 fully saturated rings. The minimum absolute atomic E-state index is 0.229. The van der Waals surface area contributed by atoms with Crippen molar-refractivity contribution in [3.63, 3.8) is 0 Å². The number of halogens is 1. The monoisotopic (exact) mass is 248 g/mol. The lowest BCUT2D eigenvalue weighted by atomic mass is 10.2. The Morgan fingerprint density at radius 2 is 1.87 bits per heavy atom. The molecule has 1 aromatic rings. The molecule has 1 rings (SSSR count). The van der Waals surface area contributed by atoms with E-state index in [0.717, 1.165) is 6.07 Å². The molecule has 0 aromatic heterocycles. The van der Waals surface area contributed by atoms with Crippen molar-refractivity contribution in [3.8, 4) is 0 Å². The standard InChI is InChI=1S/C7H5ClN2O4S/c1-4-2-5(9(11)12)3-6(10(13)14)7(4)15-8/h2-3H,1H3. The molecule has 0 atom stereocenters. The summed E-state index contributed by atoms with van der Waals surface area (Å²) in [4.78, 5) is 20.0. The van der Waals surface area contributed by atoms with Crippen molar-refractivity contribution in [2.45, 2.75) is 11.8 Å². The van der Waals surface area contributed by atoms with Crippen LogP contribution in [0.3, 0.4) is 0 Å². The van der Waals surface area contributed by atoms with Gasteiger partial charge in [0.2, 0.25) is 0 Å². The summed E-state index contributed by atoms with van der Waals surface area (Å²) in [6, 6.07) is 2.15. The van der Waals surface area contributed by atoms with E-state index in [1.54, 1.807) is 0 Å². The van der Waals surface area contributed by atoms with Crippen LogP contribution in [0, 0.1) is 27.2 Å². The normalized spacial score (nSPS) is 10.0. The van der Waals surface area contributed by atoms with Gasteiger partial charge in [-0.3, -0.25) is 20.2 Å². The van der Waals surface area contributed by atoms with E-state index >= 15 is 0 Å². The minimum atomic E-state index is -0.690. The molecule has 6 nitrogen and oxygen atoms in total. The van der Waals surface area contributed by atoms with Gasteiger partial charge in [0.15, 0.2) is 0 Å². The third kappa shape index (κ3) is 2.37. The van der Waals surface area contributed by atoms with Crippen LogP contribution >= 0.6 is 21.7 Å². The molecular weight excluding hydrogens is 244 g/mol. The van der Waals surface area contributed by atoms with Gasteiger partial charge in [0.05, 0.1) is 15.9 Å². The molecule has 0 aliphatic carbocycles. The molecule has 15 heavy (non-hydrogen) atoms. The fourth-order valence-corrected chi connectivity index (χ4v) is 2.07. The molecule has 0 spiro atoms. The van der Waals surface area contributed by atoms with Crippen molar-refractivity contribution in [1.82, 2.24) is 0 Å². The number of hydrogen-bond acceptors (Lipinski definition) is 5. The summed E-state index contributed by atoms with van der Waals surface area (Å²) < 4.78 is 0. The predicted molar refractivity (Wildman–Crippen MR) is 56.2 cm³/mol. The summed E-state index contributed by atoms with van der Waals surface area (Å²) in [5, 5.41) is 21.1. The quantitative estimate of drug-likeness (QED) is 0.606. The van der Waals surface area contributed by atoms with E-state index in [9.17, 15) is 20.2 Å². The maximum Gasteiger partial charge on any atom is 0.291 e. The summed E-state index contributed by atoms with van der Waals surface area (Å²) in [6.45, 7) is 1.53. The van der Waals surface area contributed by atoms with Crippen molar-refractivity contribution < 1.29 is 9.85 Å². The predicted octanol–water partition coefficient (Wildman–Crippen LogP) is 3.06. The lowest BCUT2D eigenvalue weighted by Crippen LogP contribution is -1.96. The van der Waals surface area contributed by atoms with Gasteiger partial charge in [-0.05, 0) is 34.1 Å². The topological polar surface area (TPSA) is 86.3 Å². The first-order chi connectivity index (χ1) is 6.97. The average molecular weight is 249 g/mol. The Hall–Kier alpha value is -1.34. The van der Waals surface area contributed by atoms with Crippen LogP contribution in [0.5, 0.6) is 0 Å². The van der Waals surface area contributed by atoms with Crippen LogP contribution in [0.25, 0.3) is 0 Å². The van der Waals surface area contributed by atoms with Gasteiger partial charge in [0.25, 0.3) is 11.4 Å². The first-order valence-corrected chi connectivity index (χ1v) is 5.33.